The van der Waals surface area contributed by atoms with Gasteiger partial charge in [-0.1, -0.05) is 11.6 Å². The van der Waals surface area contributed by atoms with Crippen LogP contribution in [0.3, 0.4) is 0 Å². The van der Waals surface area contributed by atoms with Gasteiger partial charge in [0.25, 0.3) is 5.91 Å². The standard InChI is InChI=1S/C21H20ClN5O4S2/c1-12(28)25-6-8-26(9-7-25)21(30)31-20-17-16(32-10-11-33-17)19(29)27(20)15-5-3-13-2-4-14(22)23-18(13)24-15/h2-5,20H,6-11H2,1H3. The summed E-state index contributed by atoms with van der Waals surface area (Å²) in [7, 11) is 0. The number of pyridine rings is 2. The zero-order valence-electron chi connectivity index (χ0n) is 17.7. The molecule has 1 fully saturated rings. The van der Waals surface area contributed by atoms with Crippen molar-refractivity contribution >= 4 is 69.9 Å². The zero-order valence-corrected chi connectivity index (χ0v) is 20.1. The van der Waals surface area contributed by atoms with Crippen LogP contribution >= 0.6 is 35.1 Å². The molecule has 1 saturated heterocycles. The summed E-state index contributed by atoms with van der Waals surface area (Å²) in [6.07, 6.45) is -1.42. The van der Waals surface area contributed by atoms with Gasteiger partial charge in [-0.15, -0.1) is 23.5 Å². The molecular formula is C21H20ClN5O4S2. The highest BCUT2D eigenvalue weighted by Crippen LogP contribution is 2.45. The molecule has 1 unspecified atom stereocenters. The molecule has 5 heterocycles. The van der Waals surface area contributed by atoms with Gasteiger partial charge >= 0.3 is 6.09 Å². The molecule has 3 aliphatic heterocycles. The highest BCUT2D eigenvalue weighted by Gasteiger charge is 2.45. The molecule has 0 saturated carbocycles. The molecule has 0 aliphatic carbocycles. The topological polar surface area (TPSA) is 95.9 Å². The van der Waals surface area contributed by atoms with Gasteiger partial charge in [0.1, 0.15) is 11.0 Å². The molecule has 172 valence electrons. The minimum atomic E-state index is -0.896. The maximum atomic E-state index is 13.3. The molecule has 3 amide bonds. The third-order valence-corrected chi connectivity index (χ3v) is 8.44. The van der Waals surface area contributed by atoms with Crippen LogP contribution in [0.5, 0.6) is 0 Å². The van der Waals surface area contributed by atoms with E-state index in [0.717, 1.165) is 21.8 Å². The monoisotopic (exact) mass is 505 g/mol. The van der Waals surface area contributed by atoms with Crippen molar-refractivity contribution in [3.63, 3.8) is 0 Å². The van der Waals surface area contributed by atoms with Crippen molar-refractivity contribution < 1.29 is 19.1 Å². The predicted molar refractivity (Wildman–Crippen MR) is 128 cm³/mol. The Hall–Kier alpha value is -2.50. The third kappa shape index (κ3) is 4.24. The van der Waals surface area contributed by atoms with Crippen LogP contribution in [-0.2, 0) is 14.3 Å². The molecule has 0 N–H and O–H groups in total. The number of rotatable bonds is 2. The van der Waals surface area contributed by atoms with Gasteiger partial charge in [0.15, 0.2) is 5.65 Å². The van der Waals surface area contributed by atoms with Gasteiger partial charge in [-0.2, -0.15) is 0 Å². The quantitative estimate of drug-likeness (QED) is 0.575. The molecule has 0 spiro atoms. The average molecular weight is 506 g/mol. The number of hydrogen-bond donors (Lipinski definition) is 0. The summed E-state index contributed by atoms with van der Waals surface area (Å²) in [4.78, 5) is 52.7. The highest BCUT2D eigenvalue weighted by molar-refractivity contribution is 8.10. The summed E-state index contributed by atoms with van der Waals surface area (Å²) in [6, 6.07) is 7.01. The fraction of sp³-hybridized carbons (Fsp3) is 0.381. The van der Waals surface area contributed by atoms with E-state index in [9.17, 15) is 14.4 Å². The number of carbonyl (C=O) groups is 3. The first kappa shape index (κ1) is 22.3. The summed E-state index contributed by atoms with van der Waals surface area (Å²) >= 11 is 9.02. The van der Waals surface area contributed by atoms with Crippen molar-refractivity contribution in [1.82, 2.24) is 19.8 Å². The molecule has 0 bridgehead atoms. The number of carbonyl (C=O) groups excluding carboxylic acids is 3. The lowest BCUT2D eigenvalue weighted by molar-refractivity contribution is -0.130. The molecule has 0 aromatic carbocycles. The van der Waals surface area contributed by atoms with E-state index in [4.69, 9.17) is 16.3 Å². The highest BCUT2D eigenvalue weighted by atomic mass is 35.5. The van der Waals surface area contributed by atoms with Gasteiger partial charge in [-0.05, 0) is 24.3 Å². The van der Waals surface area contributed by atoms with Gasteiger partial charge in [0, 0.05) is 50.0 Å². The van der Waals surface area contributed by atoms with E-state index in [1.54, 1.807) is 28.0 Å². The van der Waals surface area contributed by atoms with Crippen LogP contribution in [0.4, 0.5) is 10.6 Å². The summed E-state index contributed by atoms with van der Waals surface area (Å²) in [5, 5.41) is 1.09. The van der Waals surface area contributed by atoms with Crippen molar-refractivity contribution in [2.45, 2.75) is 13.2 Å². The summed E-state index contributed by atoms with van der Waals surface area (Å²) < 4.78 is 5.90. The second kappa shape index (κ2) is 9.03. The maximum absolute atomic E-state index is 13.3. The first-order chi connectivity index (χ1) is 15.9. The summed E-state index contributed by atoms with van der Waals surface area (Å²) in [6.45, 7) is 3.18. The first-order valence-electron chi connectivity index (χ1n) is 10.4. The van der Waals surface area contributed by atoms with Crippen molar-refractivity contribution in [1.29, 1.82) is 0 Å². The Morgan fingerprint density at radius 1 is 1.03 bits per heavy atom. The van der Waals surface area contributed by atoms with E-state index >= 15 is 0 Å². The number of hydrogen-bond acceptors (Lipinski definition) is 8. The lowest BCUT2D eigenvalue weighted by Gasteiger charge is -2.35. The molecule has 2 aromatic rings. The Morgan fingerprint density at radius 3 is 2.48 bits per heavy atom. The van der Waals surface area contributed by atoms with Crippen molar-refractivity contribution in [3.05, 3.63) is 39.2 Å². The Kier molecular flexibility index (Phi) is 6.11. The van der Waals surface area contributed by atoms with Crippen molar-refractivity contribution in [2.24, 2.45) is 0 Å². The molecule has 12 heteroatoms. The van der Waals surface area contributed by atoms with Gasteiger partial charge in [0.2, 0.25) is 12.1 Å². The number of aromatic nitrogens is 2. The van der Waals surface area contributed by atoms with Crippen LogP contribution in [0.2, 0.25) is 5.15 Å². The van der Waals surface area contributed by atoms with Crippen LogP contribution in [0.15, 0.2) is 34.1 Å². The second-order valence-corrected chi connectivity index (χ2v) is 10.3. The zero-order chi connectivity index (χ0) is 23.1. The normalized spacial score (nSPS) is 21.0. The Morgan fingerprint density at radius 2 is 1.73 bits per heavy atom. The molecule has 5 rings (SSSR count). The largest absolute Gasteiger partial charge is 0.420 e. The lowest BCUT2D eigenvalue weighted by atomic mass is 10.3. The Labute approximate surface area is 203 Å². The molecule has 2 aromatic heterocycles. The SMILES string of the molecule is CC(=O)N1CCN(C(=O)OC2C3=C(SCCS3)C(=O)N2c2ccc3ccc(Cl)nc3n2)CC1. The minimum Gasteiger partial charge on any atom is -0.420 e. The smallest absolute Gasteiger partial charge is 0.412 e. The number of halogens is 1. The van der Waals surface area contributed by atoms with Crippen LogP contribution in [-0.4, -0.2) is 81.6 Å². The predicted octanol–water partition coefficient (Wildman–Crippen LogP) is 2.95. The lowest BCUT2D eigenvalue weighted by Crippen LogP contribution is -2.51. The van der Waals surface area contributed by atoms with Crippen LogP contribution in [0.1, 0.15) is 6.92 Å². The van der Waals surface area contributed by atoms with Crippen molar-refractivity contribution in [2.75, 3.05) is 42.6 Å². The van der Waals surface area contributed by atoms with E-state index in [1.807, 2.05) is 6.07 Å². The first-order valence-corrected chi connectivity index (χ1v) is 12.7. The van der Waals surface area contributed by atoms with Crippen LogP contribution < -0.4 is 4.90 Å². The fourth-order valence-electron chi connectivity index (χ4n) is 3.92. The second-order valence-electron chi connectivity index (χ2n) is 7.64. The molecule has 3 aliphatic rings. The molecular weight excluding hydrogens is 486 g/mol. The van der Waals surface area contributed by atoms with Gasteiger partial charge in [0.05, 0.1) is 9.81 Å². The number of anilines is 1. The van der Waals surface area contributed by atoms with E-state index in [1.165, 1.54) is 35.3 Å². The van der Waals surface area contributed by atoms with Crippen LogP contribution in [0, 0.1) is 0 Å². The molecule has 0 radical (unpaired) electrons. The molecule has 1 atom stereocenters. The number of amides is 3. The average Bonchev–Trinajstić information content (AvgIpc) is 3.10. The molecule has 9 nitrogen and oxygen atoms in total. The van der Waals surface area contributed by atoms with E-state index in [2.05, 4.69) is 9.97 Å². The number of fused-ring (bicyclic) bond motifs is 1. The molecule has 33 heavy (non-hydrogen) atoms. The Bertz CT molecular complexity index is 1180. The summed E-state index contributed by atoms with van der Waals surface area (Å²) in [5.41, 5.74) is 0.406. The van der Waals surface area contributed by atoms with Crippen molar-refractivity contribution in [3.8, 4) is 0 Å². The maximum Gasteiger partial charge on any atom is 0.412 e. The van der Waals surface area contributed by atoms with Gasteiger partial charge < -0.3 is 14.5 Å². The van der Waals surface area contributed by atoms with Crippen LogP contribution in [0.25, 0.3) is 11.0 Å². The number of ether oxygens (including phenoxy) is 1. The Balaban J connectivity index is 1.43. The number of thioether (sulfide) groups is 2. The number of piperazine rings is 1. The van der Waals surface area contributed by atoms with E-state index in [0.29, 0.717) is 47.7 Å². The van der Waals surface area contributed by atoms with E-state index < -0.39 is 12.3 Å². The third-order valence-electron chi connectivity index (χ3n) is 5.63. The minimum absolute atomic E-state index is 0.0166. The van der Waals surface area contributed by atoms with Gasteiger partial charge in [-0.25, -0.2) is 19.7 Å². The van der Waals surface area contributed by atoms with E-state index in [-0.39, 0.29) is 11.8 Å². The van der Waals surface area contributed by atoms with Gasteiger partial charge in [-0.3, -0.25) is 9.59 Å². The number of nitrogens with zero attached hydrogens (tertiary/aromatic N) is 5. The fourth-order valence-corrected chi connectivity index (χ4v) is 6.49. The summed E-state index contributed by atoms with van der Waals surface area (Å²) in [5.74, 6) is 1.71.